The average Bonchev–Trinajstić information content (AvgIpc) is 2.79. The first-order chi connectivity index (χ1) is 10.0. The summed E-state index contributed by atoms with van der Waals surface area (Å²) in [5, 5.41) is 13.4. The summed E-state index contributed by atoms with van der Waals surface area (Å²) in [5.41, 5.74) is 0.794. The molecule has 2 N–H and O–H groups in total. The highest BCUT2D eigenvalue weighted by molar-refractivity contribution is 7.22. The first-order valence-corrected chi connectivity index (χ1v) is 7.33. The Hall–Kier alpha value is -1.89. The fourth-order valence-electron chi connectivity index (χ4n) is 1.76. The number of hydrogen-bond donors (Lipinski definition) is 2. The van der Waals surface area contributed by atoms with E-state index in [2.05, 4.69) is 15.3 Å². The van der Waals surface area contributed by atoms with Crippen LogP contribution >= 0.6 is 34.5 Å². The zero-order valence-corrected chi connectivity index (χ0v) is 12.6. The standard InChI is InChI=1S/C13H7Cl2N3O2S/c14-6-1-3-8-9(5-6)21-13(16-8)18-11-7(12(19)20)2-4-10(15)17-11/h1-5H,(H,19,20)(H,16,17,18). The number of aromatic nitrogens is 2. The molecule has 0 saturated heterocycles. The van der Waals surface area contributed by atoms with Crippen LogP contribution in [0.5, 0.6) is 0 Å². The van der Waals surface area contributed by atoms with E-state index in [-0.39, 0.29) is 16.5 Å². The molecule has 0 aliphatic rings. The van der Waals surface area contributed by atoms with E-state index >= 15 is 0 Å². The quantitative estimate of drug-likeness (QED) is 0.690. The summed E-state index contributed by atoms with van der Waals surface area (Å²) >= 11 is 13.1. The molecule has 0 radical (unpaired) electrons. The van der Waals surface area contributed by atoms with Crippen LogP contribution in [-0.2, 0) is 0 Å². The minimum Gasteiger partial charge on any atom is -0.478 e. The van der Waals surface area contributed by atoms with Gasteiger partial charge in [0.05, 0.1) is 10.2 Å². The third-order valence-corrected chi connectivity index (χ3v) is 4.05. The molecule has 0 amide bonds. The van der Waals surface area contributed by atoms with Gasteiger partial charge in [0.2, 0.25) is 0 Å². The van der Waals surface area contributed by atoms with Crippen LogP contribution in [0.2, 0.25) is 10.2 Å². The number of thiazole rings is 1. The monoisotopic (exact) mass is 339 g/mol. The molecule has 0 aliphatic carbocycles. The van der Waals surface area contributed by atoms with Crippen molar-refractivity contribution in [2.45, 2.75) is 0 Å². The summed E-state index contributed by atoms with van der Waals surface area (Å²) in [7, 11) is 0. The Labute approximate surface area is 133 Å². The topological polar surface area (TPSA) is 75.1 Å². The van der Waals surface area contributed by atoms with Crippen molar-refractivity contribution in [1.82, 2.24) is 9.97 Å². The van der Waals surface area contributed by atoms with E-state index in [9.17, 15) is 4.79 Å². The van der Waals surface area contributed by atoms with E-state index < -0.39 is 5.97 Å². The second kappa shape index (κ2) is 5.48. The number of aromatic carboxylic acids is 1. The zero-order valence-electron chi connectivity index (χ0n) is 10.3. The number of hydrogen-bond acceptors (Lipinski definition) is 5. The fourth-order valence-corrected chi connectivity index (χ4v) is 3.04. The molecular formula is C13H7Cl2N3O2S. The summed E-state index contributed by atoms with van der Waals surface area (Å²) < 4.78 is 0.893. The van der Waals surface area contributed by atoms with E-state index in [0.717, 1.165) is 10.2 Å². The van der Waals surface area contributed by atoms with E-state index in [0.29, 0.717) is 10.2 Å². The van der Waals surface area contributed by atoms with Crippen LogP contribution in [0.1, 0.15) is 10.4 Å². The Morgan fingerprint density at radius 2 is 2.00 bits per heavy atom. The van der Waals surface area contributed by atoms with Crippen molar-refractivity contribution < 1.29 is 9.90 Å². The van der Waals surface area contributed by atoms with Gasteiger partial charge >= 0.3 is 5.97 Å². The second-order valence-electron chi connectivity index (χ2n) is 4.09. The Morgan fingerprint density at radius 1 is 1.19 bits per heavy atom. The van der Waals surface area contributed by atoms with Crippen molar-refractivity contribution >= 4 is 61.7 Å². The normalized spacial score (nSPS) is 10.8. The molecule has 2 heterocycles. The van der Waals surface area contributed by atoms with Gasteiger partial charge < -0.3 is 10.4 Å². The lowest BCUT2D eigenvalue weighted by molar-refractivity contribution is 0.0697. The van der Waals surface area contributed by atoms with Gasteiger partial charge in [0, 0.05) is 5.02 Å². The number of nitrogens with zero attached hydrogens (tertiary/aromatic N) is 2. The van der Waals surface area contributed by atoms with Crippen molar-refractivity contribution in [3.05, 3.63) is 46.1 Å². The van der Waals surface area contributed by atoms with Gasteiger partial charge in [-0.2, -0.15) is 0 Å². The fraction of sp³-hybridized carbons (Fsp3) is 0. The number of fused-ring (bicyclic) bond motifs is 1. The molecule has 3 aromatic rings. The summed E-state index contributed by atoms with van der Waals surface area (Å²) in [5.74, 6) is -0.939. The number of pyridine rings is 1. The highest BCUT2D eigenvalue weighted by Gasteiger charge is 2.14. The highest BCUT2D eigenvalue weighted by atomic mass is 35.5. The molecule has 8 heteroatoms. The molecular weight excluding hydrogens is 333 g/mol. The van der Waals surface area contributed by atoms with Gasteiger partial charge in [0.25, 0.3) is 0 Å². The van der Waals surface area contributed by atoms with E-state index in [4.69, 9.17) is 28.3 Å². The lowest BCUT2D eigenvalue weighted by Crippen LogP contribution is -2.04. The van der Waals surface area contributed by atoms with E-state index in [1.165, 1.54) is 23.5 Å². The lowest BCUT2D eigenvalue weighted by atomic mass is 10.2. The van der Waals surface area contributed by atoms with Crippen LogP contribution < -0.4 is 5.32 Å². The van der Waals surface area contributed by atoms with E-state index in [1.807, 2.05) is 0 Å². The minimum atomic E-state index is -1.09. The van der Waals surface area contributed by atoms with Crippen LogP contribution in [0.4, 0.5) is 10.9 Å². The smallest absolute Gasteiger partial charge is 0.339 e. The number of carboxylic acids is 1. The summed E-state index contributed by atoms with van der Waals surface area (Å²) in [6.07, 6.45) is 0. The molecule has 0 aliphatic heterocycles. The summed E-state index contributed by atoms with van der Waals surface area (Å²) in [6, 6.07) is 8.15. The minimum absolute atomic E-state index is 0.0247. The molecule has 0 bridgehead atoms. The van der Waals surface area contributed by atoms with Crippen LogP contribution in [0, 0.1) is 0 Å². The van der Waals surface area contributed by atoms with Gasteiger partial charge in [-0.3, -0.25) is 0 Å². The zero-order chi connectivity index (χ0) is 15.0. The molecule has 106 valence electrons. The van der Waals surface area contributed by atoms with E-state index in [1.54, 1.807) is 18.2 Å². The van der Waals surface area contributed by atoms with Crippen molar-refractivity contribution in [2.24, 2.45) is 0 Å². The van der Waals surface area contributed by atoms with Gasteiger partial charge in [0.1, 0.15) is 16.5 Å². The van der Waals surface area contributed by atoms with Gasteiger partial charge in [-0.05, 0) is 30.3 Å². The predicted octanol–water partition coefficient (Wildman–Crippen LogP) is 4.44. The third-order valence-electron chi connectivity index (χ3n) is 2.67. The molecule has 3 rings (SSSR count). The Morgan fingerprint density at radius 3 is 2.76 bits per heavy atom. The second-order valence-corrected chi connectivity index (χ2v) is 5.95. The van der Waals surface area contributed by atoms with Crippen LogP contribution in [0.15, 0.2) is 30.3 Å². The SMILES string of the molecule is O=C(O)c1ccc(Cl)nc1Nc1nc2ccc(Cl)cc2s1. The highest BCUT2D eigenvalue weighted by Crippen LogP contribution is 2.31. The number of carboxylic acid groups (broad SMARTS) is 1. The molecule has 0 spiro atoms. The number of benzene rings is 1. The first kappa shape index (κ1) is 14.1. The maximum atomic E-state index is 11.2. The van der Waals surface area contributed by atoms with Gasteiger partial charge in [0.15, 0.2) is 5.13 Å². The van der Waals surface area contributed by atoms with Crippen molar-refractivity contribution in [2.75, 3.05) is 5.32 Å². The molecule has 0 atom stereocenters. The third kappa shape index (κ3) is 2.92. The molecule has 0 unspecified atom stereocenters. The molecule has 1 aromatic carbocycles. The van der Waals surface area contributed by atoms with Crippen molar-refractivity contribution in [3.63, 3.8) is 0 Å². The van der Waals surface area contributed by atoms with Crippen molar-refractivity contribution in [3.8, 4) is 0 Å². The molecule has 0 saturated carbocycles. The first-order valence-electron chi connectivity index (χ1n) is 5.76. The van der Waals surface area contributed by atoms with Crippen LogP contribution in [-0.4, -0.2) is 21.0 Å². The molecule has 21 heavy (non-hydrogen) atoms. The summed E-state index contributed by atoms with van der Waals surface area (Å²) in [6.45, 7) is 0. The Balaban J connectivity index is 2.02. The maximum Gasteiger partial charge on any atom is 0.339 e. The van der Waals surface area contributed by atoms with Gasteiger partial charge in [-0.1, -0.05) is 34.5 Å². The Bertz CT molecular complexity index is 851. The predicted molar refractivity (Wildman–Crippen MR) is 84.1 cm³/mol. The largest absolute Gasteiger partial charge is 0.478 e. The number of rotatable bonds is 3. The molecule has 2 aromatic heterocycles. The maximum absolute atomic E-state index is 11.2. The average molecular weight is 340 g/mol. The number of carbonyl (C=O) groups is 1. The lowest BCUT2D eigenvalue weighted by Gasteiger charge is -2.05. The number of anilines is 2. The number of nitrogens with one attached hydrogen (secondary N) is 1. The van der Waals surface area contributed by atoms with Gasteiger partial charge in [-0.15, -0.1) is 0 Å². The van der Waals surface area contributed by atoms with Crippen LogP contribution in [0.25, 0.3) is 10.2 Å². The summed E-state index contributed by atoms with van der Waals surface area (Å²) in [4.78, 5) is 19.5. The van der Waals surface area contributed by atoms with Crippen molar-refractivity contribution in [1.29, 1.82) is 0 Å². The van der Waals surface area contributed by atoms with Gasteiger partial charge in [-0.25, -0.2) is 14.8 Å². The Kier molecular flexibility index (Phi) is 3.67. The van der Waals surface area contributed by atoms with Crippen LogP contribution in [0.3, 0.4) is 0 Å². The number of halogens is 2. The molecule has 5 nitrogen and oxygen atoms in total. The molecule has 0 fully saturated rings.